The molecule has 1 nitrogen and oxygen atoms in total. The van der Waals surface area contributed by atoms with E-state index < -0.39 is 0 Å². The summed E-state index contributed by atoms with van der Waals surface area (Å²) in [6, 6.07) is 14.3. The fraction of sp³-hybridized carbons (Fsp3) is 0.278. The molecule has 0 bridgehead atoms. The molecule has 1 atom stereocenters. The van der Waals surface area contributed by atoms with E-state index in [-0.39, 0.29) is 5.78 Å². The molecule has 1 aliphatic rings. The van der Waals surface area contributed by atoms with Crippen LogP contribution < -0.4 is 0 Å². The Balaban J connectivity index is 1.84. The molecule has 0 saturated carbocycles. The lowest BCUT2D eigenvalue weighted by Gasteiger charge is -2.25. The second-order valence-corrected chi connectivity index (χ2v) is 7.31. The number of hydrogen-bond donors (Lipinski definition) is 0. The van der Waals surface area contributed by atoms with Crippen LogP contribution >= 0.6 is 31.9 Å². The van der Waals surface area contributed by atoms with Crippen LogP contribution in [0.3, 0.4) is 0 Å². The summed E-state index contributed by atoms with van der Waals surface area (Å²) in [5.41, 5.74) is 3.55. The van der Waals surface area contributed by atoms with Crippen molar-refractivity contribution in [2.45, 2.75) is 31.6 Å². The third-order valence-electron chi connectivity index (χ3n) is 4.15. The first kappa shape index (κ1) is 15.0. The Hall–Kier alpha value is -0.930. The summed E-state index contributed by atoms with van der Waals surface area (Å²) in [6.45, 7) is 0. The maximum atomic E-state index is 12.6. The largest absolute Gasteiger partial charge is 0.294 e. The molecule has 2 aromatic carbocycles. The number of fused-ring (bicyclic) bond motifs is 1. The number of ketones is 1. The molecule has 1 aliphatic carbocycles. The van der Waals surface area contributed by atoms with Crippen LogP contribution in [0.5, 0.6) is 0 Å². The van der Waals surface area contributed by atoms with Crippen molar-refractivity contribution in [3.63, 3.8) is 0 Å². The molecule has 0 heterocycles. The Kier molecular flexibility index (Phi) is 4.60. The molecule has 0 amide bonds. The van der Waals surface area contributed by atoms with Crippen molar-refractivity contribution in [1.29, 1.82) is 0 Å². The Bertz CT molecular complexity index is 679. The summed E-state index contributed by atoms with van der Waals surface area (Å²) in [5, 5.41) is 0. The molecule has 0 N–H and O–H groups in total. The van der Waals surface area contributed by atoms with E-state index in [0.29, 0.717) is 12.3 Å². The van der Waals surface area contributed by atoms with E-state index in [2.05, 4.69) is 56.1 Å². The molecule has 0 spiro atoms. The molecular formula is C18H16Br2O. The molecule has 3 rings (SSSR count). The molecule has 0 aliphatic heterocycles. The van der Waals surface area contributed by atoms with E-state index in [1.807, 2.05) is 18.2 Å². The first-order valence-corrected chi connectivity index (χ1v) is 8.80. The molecule has 0 fully saturated rings. The van der Waals surface area contributed by atoms with Crippen molar-refractivity contribution in [2.24, 2.45) is 0 Å². The van der Waals surface area contributed by atoms with Gasteiger partial charge in [-0.25, -0.2) is 0 Å². The van der Waals surface area contributed by atoms with E-state index in [1.54, 1.807) is 0 Å². The lowest BCUT2D eigenvalue weighted by Crippen LogP contribution is -2.14. The van der Waals surface area contributed by atoms with Crippen molar-refractivity contribution in [3.05, 3.63) is 68.1 Å². The lowest BCUT2D eigenvalue weighted by molar-refractivity contribution is 0.0970. The predicted molar refractivity (Wildman–Crippen MR) is 92.9 cm³/mol. The van der Waals surface area contributed by atoms with Crippen LogP contribution in [0.15, 0.2) is 51.4 Å². The first-order chi connectivity index (χ1) is 10.1. The number of hydrogen-bond acceptors (Lipinski definition) is 1. The van der Waals surface area contributed by atoms with E-state index in [9.17, 15) is 4.79 Å². The van der Waals surface area contributed by atoms with E-state index in [1.165, 1.54) is 17.5 Å². The zero-order valence-corrected chi connectivity index (χ0v) is 14.8. The molecule has 2 aromatic rings. The smallest absolute Gasteiger partial charge is 0.164 e. The molecule has 3 heteroatoms. The summed E-state index contributed by atoms with van der Waals surface area (Å²) in [7, 11) is 0. The van der Waals surface area contributed by atoms with Gasteiger partial charge in [0.25, 0.3) is 0 Å². The number of aryl methyl sites for hydroxylation is 1. The van der Waals surface area contributed by atoms with Crippen LogP contribution in [0.1, 0.15) is 46.7 Å². The first-order valence-electron chi connectivity index (χ1n) is 7.21. The highest BCUT2D eigenvalue weighted by molar-refractivity contribution is 9.11. The Labute approximate surface area is 142 Å². The zero-order valence-electron chi connectivity index (χ0n) is 11.6. The van der Waals surface area contributed by atoms with Gasteiger partial charge >= 0.3 is 0 Å². The summed E-state index contributed by atoms with van der Waals surface area (Å²) in [6.07, 6.45) is 4.01. The van der Waals surface area contributed by atoms with Crippen molar-refractivity contribution >= 4 is 37.6 Å². The number of benzene rings is 2. The van der Waals surface area contributed by atoms with Crippen molar-refractivity contribution in [1.82, 2.24) is 0 Å². The maximum absolute atomic E-state index is 12.6. The Morgan fingerprint density at radius 1 is 1.14 bits per heavy atom. The second kappa shape index (κ2) is 6.45. The SMILES string of the molecule is O=C(CC1CCCc2ccccc21)c1cc(Br)ccc1Br. The van der Waals surface area contributed by atoms with Crippen molar-refractivity contribution in [2.75, 3.05) is 0 Å². The van der Waals surface area contributed by atoms with Gasteiger partial charge in [0, 0.05) is 20.9 Å². The highest BCUT2D eigenvalue weighted by Crippen LogP contribution is 2.35. The van der Waals surface area contributed by atoms with Crippen LogP contribution in [-0.4, -0.2) is 5.78 Å². The van der Waals surface area contributed by atoms with Gasteiger partial charge in [0.1, 0.15) is 0 Å². The van der Waals surface area contributed by atoms with Crippen molar-refractivity contribution in [3.8, 4) is 0 Å². The van der Waals surface area contributed by atoms with Gasteiger partial charge < -0.3 is 0 Å². The van der Waals surface area contributed by atoms with Gasteiger partial charge in [0.2, 0.25) is 0 Å². The van der Waals surface area contributed by atoms with Crippen LogP contribution in [0.25, 0.3) is 0 Å². The number of halogens is 2. The summed E-state index contributed by atoms with van der Waals surface area (Å²) >= 11 is 6.93. The standard InChI is InChI=1S/C18H16Br2O/c19-14-8-9-17(20)16(11-14)18(21)10-13-6-3-5-12-4-1-2-7-15(12)13/h1-2,4,7-9,11,13H,3,5-6,10H2. The van der Waals surface area contributed by atoms with Crippen LogP contribution in [-0.2, 0) is 6.42 Å². The Morgan fingerprint density at radius 3 is 2.81 bits per heavy atom. The Morgan fingerprint density at radius 2 is 1.95 bits per heavy atom. The third kappa shape index (κ3) is 3.29. The van der Waals surface area contributed by atoms with Crippen LogP contribution in [0, 0.1) is 0 Å². The molecule has 21 heavy (non-hydrogen) atoms. The monoisotopic (exact) mass is 406 g/mol. The number of carbonyl (C=O) groups is 1. The highest BCUT2D eigenvalue weighted by Gasteiger charge is 2.23. The summed E-state index contributed by atoms with van der Waals surface area (Å²) in [5.74, 6) is 0.568. The van der Waals surface area contributed by atoms with Crippen LogP contribution in [0.4, 0.5) is 0 Å². The minimum atomic E-state index is 0.213. The zero-order chi connectivity index (χ0) is 14.8. The third-order valence-corrected chi connectivity index (χ3v) is 5.34. The topological polar surface area (TPSA) is 17.1 Å². The second-order valence-electron chi connectivity index (χ2n) is 5.54. The fourth-order valence-corrected chi connectivity index (χ4v) is 3.94. The van der Waals surface area contributed by atoms with Gasteiger partial charge in [-0.2, -0.15) is 0 Å². The maximum Gasteiger partial charge on any atom is 0.164 e. The number of carbonyl (C=O) groups excluding carboxylic acids is 1. The van der Waals surface area contributed by atoms with Gasteiger partial charge in [-0.05, 0) is 54.5 Å². The normalized spacial score (nSPS) is 17.3. The predicted octanol–water partition coefficient (Wildman–Crippen LogP) is 5.90. The highest BCUT2D eigenvalue weighted by atomic mass is 79.9. The summed E-state index contributed by atoms with van der Waals surface area (Å²) < 4.78 is 1.82. The fourth-order valence-electron chi connectivity index (χ4n) is 3.11. The average molecular weight is 408 g/mol. The molecule has 1 unspecified atom stereocenters. The number of Topliss-reactive ketones (excluding diaryl/α,β-unsaturated/α-hetero) is 1. The molecule has 0 saturated heterocycles. The summed E-state index contributed by atoms with van der Waals surface area (Å²) in [4.78, 5) is 12.6. The van der Waals surface area contributed by atoms with Gasteiger partial charge in [-0.3, -0.25) is 4.79 Å². The van der Waals surface area contributed by atoms with Crippen molar-refractivity contribution < 1.29 is 4.79 Å². The van der Waals surface area contributed by atoms with Gasteiger partial charge in [0.15, 0.2) is 5.78 Å². The van der Waals surface area contributed by atoms with Crippen LogP contribution in [0.2, 0.25) is 0 Å². The molecule has 108 valence electrons. The van der Waals surface area contributed by atoms with Gasteiger partial charge in [-0.15, -0.1) is 0 Å². The molecule has 0 aromatic heterocycles. The van der Waals surface area contributed by atoms with E-state index in [4.69, 9.17) is 0 Å². The van der Waals surface area contributed by atoms with E-state index in [0.717, 1.165) is 27.4 Å². The molecular weight excluding hydrogens is 392 g/mol. The van der Waals surface area contributed by atoms with Gasteiger partial charge in [0.05, 0.1) is 0 Å². The minimum absolute atomic E-state index is 0.213. The van der Waals surface area contributed by atoms with E-state index >= 15 is 0 Å². The lowest BCUT2D eigenvalue weighted by atomic mass is 9.79. The quantitative estimate of drug-likeness (QED) is 0.578. The average Bonchev–Trinajstić information content (AvgIpc) is 2.50. The minimum Gasteiger partial charge on any atom is -0.294 e. The van der Waals surface area contributed by atoms with Gasteiger partial charge in [-0.1, -0.05) is 56.1 Å². The number of rotatable bonds is 3. The molecule has 0 radical (unpaired) electrons.